The van der Waals surface area contributed by atoms with Gasteiger partial charge in [0.25, 0.3) is 0 Å². The predicted octanol–water partition coefficient (Wildman–Crippen LogP) is 2.86. The first-order chi connectivity index (χ1) is 11.9. The lowest BCUT2D eigenvalue weighted by molar-refractivity contribution is -0.141. The summed E-state index contributed by atoms with van der Waals surface area (Å²) in [5.74, 6) is 0.336. The van der Waals surface area contributed by atoms with Crippen molar-refractivity contribution in [1.29, 1.82) is 0 Å². The van der Waals surface area contributed by atoms with Crippen molar-refractivity contribution in [1.82, 2.24) is 0 Å². The first-order valence-corrected chi connectivity index (χ1v) is 9.23. The molecule has 2 bridgehead atoms. The fourth-order valence-corrected chi connectivity index (χ4v) is 5.05. The molecule has 1 heterocycles. The summed E-state index contributed by atoms with van der Waals surface area (Å²) in [4.78, 5) is 28.0. The highest BCUT2D eigenvalue weighted by Gasteiger charge is 2.68. The fourth-order valence-electron chi connectivity index (χ4n) is 5.05. The quantitative estimate of drug-likeness (QED) is 0.858. The molecule has 1 aromatic rings. The van der Waals surface area contributed by atoms with Crippen LogP contribution in [0.15, 0.2) is 24.3 Å². The smallest absolute Gasteiger partial charge is 0.238 e. The molecule has 2 atom stereocenters. The number of nitrogens with zero attached hydrogens (tertiary/aromatic N) is 1. The molecule has 2 unspecified atom stereocenters. The third kappa shape index (κ3) is 2.40. The average Bonchev–Trinajstić information content (AvgIpc) is 2.98. The molecular weight excluding hydrogens is 316 g/mol. The molecule has 1 amide bonds. The lowest BCUT2D eigenvalue weighted by atomic mass is 9.68. The lowest BCUT2D eigenvalue weighted by Crippen LogP contribution is -2.46. The first kappa shape index (κ1) is 16.6. The van der Waals surface area contributed by atoms with Gasteiger partial charge in [-0.05, 0) is 42.4 Å². The highest BCUT2D eigenvalue weighted by molar-refractivity contribution is 6.14. The Balaban J connectivity index is 1.56. The van der Waals surface area contributed by atoms with Crippen LogP contribution in [0.2, 0.25) is 0 Å². The van der Waals surface area contributed by atoms with Crippen LogP contribution in [0.4, 0.5) is 11.4 Å². The predicted molar refractivity (Wildman–Crippen MR) is 96.7 cm³/mol. The standard InChI is InChI=1S/C20H26N2O3/c1-19(2)14-6-7-20(19,17(23)12-14)18(24)21-15-4-3-5-16(13-15)22-8-10-25-11-9-22/h3-5,13-14H,6-12H2,1-2H3,(H,21,24). The molecule has 1 aromatic carbocycles. The molecule has 2 aliphatic carbocycles. The zero-order valence-corrected chi connectivity index (χ0v) is 15.0. The van der Waals surface area contributed by atoms with E-state index in [1.54, 1.807) is 0 Å². The Kier molecular flexibility index (Phi) is 3.87. The number of fused-ring (bicyclic) bond motifs is 2. The highest BCUT2D eigenvalue weighted by atomic mass is 16.5. The van der Waals surface area contributed by atoms with E-state index < -0.39 is 5.41 Å². The maximum Gasteiger partial charge on any atom is 0.238 e. The third-order valence-electron chi connectivity index (χ3n) is 6.76. The normalized spacial score (nSPS) is 30.6. The Bertz CT molecular complexity index is 709. The van der Waals surface area contributed by atoms with Gasteiger partial charge in [0.2, 0.25) is 5.91 Å². The zero-order valence-electron chi connectivity index (χ0n) is 15.0. The van der Waals surface area contributed by atoms with E-state index in [9.17, 15) is 9.59 Å². The summed E-state index contributed by atoms with van der Waals surface area (Å²) < 4.78 is 5.40. The number of morpholine rings is 1. The van der Waals surface area contributed by atoms with Crippen molar-refractivity contribution in [3.8, 4) is 0 Å². The number of amides is 1. The van der Waals surface area contributed by atoms with Gasteiger partial charge in [0.1, 0.15) is 11.2 Å². The molecule has 134 valence electrons. The number of ether oxygens (including phenoxy) is 1. The Morgan fingerprint density at radius 2 is 2.04 bits per heavy atom. The number of benzene rings is 1. The number of ketones is 1. The van der Waals surface area contributed by atoms with E-state index in [4.69, 9.17) is 4.74 Å². The van der Waals surface area contributed by atoms with E-state index in [-0.39, 0.29) is 17.1 Å². The maximum absolute atomic E-state index is 13.1. The number of anilines is 2. The van der Waals surface area contributed by atoms with Crippen molar-refractivity contribution >= 4 is 23.1 Å². The minimum atomic E-state index is -0.855. The Morgan fingerprint density at radius 3 is 2.68 bits per heavy atom. The maximum atomic E-state index is 13.1. The summed E-state index contributed by atoms with van der Waals surface area (Å²) in [5, 5.41) is 3.05. The third-order valence-corrected chi connectivity index (χ3v) is 6.76. The SMILES string of the molecule is CC1(C)C2CCC1(C(=O)Nc1cccc(N3CCOCC3)c1)C(=O)C2. The van der Waals surface area contributed by atoms with Crippen LogP contribution in [0.3, 0.4) is 0 Å². The number of carbonyl (C=O) groups is 2. The monoisotopic (exact) mass is 342 g/mol. The van der Waals surface area contributed by atoms with Crippen molar-refractivity contribution < 1.29 is 14.3 Å². The topological polar surface area (TPSA) is 58.6 Å². The molecule has 1 aliphatic heterocycles. The summed E-state index contributed by atoms with van der Waals surface area (Å²) in [6.45, 7) is 7.33. The molecule has 25 heavy (non-hydrogen) atoms. The second-order valence-corrected chi connectivity index (χ2v) is 8.09. The van der Waals surface area contributed by atoms with Gasteiger partial charge < -0.3 is 15.0 Å². The van der Waals surface area contributed by atoms with E-state index in [1.807, 2.05) is 18.2 Å². The van der Waals surface area contributed by atoms with Gasteiger partial charge in [0.15, 0.2) is 0 Å². The largest absolute Gasteiger partial charge is 0.378 e. The second kappa shape index (κ2) is 5.84. The van der Waals surface area contributed by atoms with Gasteiger partial charge in [0, 0.05) is 30.9 Å². The van der Waals surface area contributed by atoms with E-state index in [0.29, 0.717) is 18.8 Å². The van der Waals surface area contributed by atoms with Crippen LogP contribution < -0.4 is 10.2 Å². The minimum absolute atomic E-state index is 0.121. The van der Waals surface area contributed by atoms with E-state index in [2.05, 4.69) is 30.1 Å². The Labute approximate surface area is 148 Å². The van der Waals surface area contributed by atoms with E-state index in [0.717, 1.165) is 44.1 Å². The molecule has 0 radical (unpaired) electrons. The van der Waals surface area contributed by atoms with Gasteiger partial charge in [-0.25, -0.2) is 0 Å². The van der Waals surface area contributed by atoms with Crippen LogP contribution in [0.1, 0.15) is 33.1 Å². The number of hydrogen-bond acceptors (Lipinski definition) is 4. The van der Waals surface area contributed by atoms with Crippen molar-refractivity contribution in [3.05, 3.63) is 24.3 Å². The molecule has 3 aliphatic rings. The fraction of sp³-hybridized carbons (Fsp3) is 0.600. The molecule has 5 nitrogen and oxygen atoms in total. The lowest BCUT2D eigenvalue weighted by Gasteiger charge is -2.35. The highest BCUT2D eigenvalue weighted by Crippen LogP contribution is 2.64. The molecule has 0 spiro atoms. The number of carbonyl (C=O) groups excluding carboxylic acids is 2. The second-order valence-electron chi connectivity index (χ2n) is 8.09. The summed E-state index contributed by atoms with van der Waals surface area (Å²) in [6.07, 6.45) is 2.20. The van der Waals surface area contributed by atoms with Crippen LogP contribution in [0, 0.1) is 16.7 Å². The van der Waals surface area contributed by atoms with Crippen molar-refractivity contribution in [2.45, 2.75) is 33.1 Å². The Morgan fingerprint density at radius 1 is 1.28 bits per heavy atom. The summed E-state index contributed by atoms with van der Waals surface area (Å²) in [7, 11) is 0. The molecule has 3 fully saturated rings. The molecule has 1 N–H and O–H groups in total. The van der Waals surface area contributed by atoms with E-state index >= 15 is 0 Å². The molecular formula is C20H26N2O3. The molecule has 1 saturated heterocycles. The van der Waals surface area contributed by atoms with Gasteiger partial charge in [-0.3, -0.25) is 9.59 Å². The molecule has 2 saturated carbocycles. The van der Waals surface area contributed by atoms with Crippen molar-refractivity contribution in [2.24, 2.45) is 16.7 Å². The first-order valence-electron chi connectivity index (χ1n) is 9.23. The van der Waals surface area contributed by atoms with Crippen LogP contribution in [0.25, 0.3) is 0 Å². The molecule has 4 rings (SSSR count). The van der Waals surface area contributed by atoms with Gasteiger partial charge in [-0.1, -0.05) is 19.9 Å². The molecule has 5 heteroatoms. The number of nitrogens with one attached hydrogen (secondary N) is 1. The number of hydrogen-bond donors (Lipinski definition) is 1. The van der Waals surface area contributed by atoms with Gasteiger partial charge in [-0.15, -0.1) is 0 Å². The van der Waals surface area contributed by atoms with Crippen LogP contribution in [-0.2, 0) is 14.3 Å². The van der Waals surface area contributed by atoms with Gasteiger partial charge >= 0.3 is 0 Å². The van der Waals surface area contributed by atoms with Gasteiger partial charge in [0.05, 0.1) is 13.2 Å². The average molecular weight is 342 g/mol. The van der Waals surface area contributed by atoms with Crippen LogP contribution >= 0.6 is 0 Å². The summed E-state index contributed by atoms with van der Waals surface area (Å²) >= 11 is 0. The van der Waals surface area contributed by atoms with Gasteiger partial charge in [-0.2, -0.15) is 0 Å². The van der Waals surface area contributed by atoms with Crippen LogP contribution in [-0.4, -0.2) is 38.0 Å². The van der Waals surface area contributed by atoms with Crippen molar-refractivity contribution in [3.63, 3.8) is 0 Å². The summed E-state index contributed by atoms with van der Waals surface area (Å²) in [5.41, 5.74) is 0.741. The number of rotatable bonds is 3. The molecule has 0 aromatic heterocycles. The minimum Gasteiger partial charge on any atom is -0.378 e. The number of Topliss-reactive ketones (excluding diaryl/α,β-unsaturated/α-hetero) is 1. The Hall–Kier alpha value is -1.88. The summed E-state index contributed by atoms with van der Waals surface area (Å²) in [6, 6.07) is 7.91. The van der Waals surface area contributed by atoms with Crippen molar-refractivity contribution in [2.75, 3.05) is 36.5 Å². The van der Waals surface area contributed by atoms with Crippen LogP contribution in [0.5, 0.6) is 0 Å². The zero-order chi connectivity index (χ0) is 17.7. The van der Waals surface area contributed by atoms with E-state index in [1.165, 1.54) is 0 Å².